The van der Waals surface area contributed by atoms with Gasteiger partial charge in [0.05, 0.1) is 12.8 Å². The van der Waals surface area contributed by atoms with Crippen molar-refractivity contribution in [1.29, 1.82) is 0 Å². The van der Waals surface area contributed by atoms with Gasteiger partial charge in [0, 0.05) is 19.5 Å². The van der Waals surface area contributed by atoms with Crippen LogP contribution in [0.5, 0.6) is 0 Å². The number of hydrogen-bond donors (Lipinski definition) is 4. The van der Waals surface area contributed by atoms with Gasteiger partial charge in [0.25, 0.3) is 0 Å². The minimum Gasteiger partial charge on any atom is -0.481 e. The van der Waals surface area contributed by atoms with Crippen LogP contribution in [0.3, 0.4) is 0 Å². The second-order valence-electron chi connectivity index (χ2n) is 2.48. The summed E-state index contributed by atoms with van der Waals surface area (Å²) in [5.41, 5.74) is -2.74. The van der Waals surface area contributed by atoms with Crippen LogP contribution in [0.4, 0.5) is 0 Å². The molecule has 11 heteroatoms. The van der Waals surface area contributed by atoms with E-state index in [2.05, 4.69) is 0 Å². The van der Waals surface area contributed by atoms with Crippen LogP contribution in [0.15, 0.2) is 0 Å². The summed E-state index contributed by atoms with van der Waals surface area (Å²) < 4.78 is 0. The van der Waals surface area contributed by atoms with Gasteiger partial charge in [-0.3, -0.25) is 9.59 Å². The molecule has 0 amide bonds. The molecule has 0 radical (unpaired) electrons. The molecule has 0 saturated carbocycles. The molecular formula is C6H14O10Zn. The summed E-state index contributed by atoms with van der Waals surface area (Å²) in [6, 6.07) is 0. The number of rotatable bonds is 5. The van der Waals surface area contributed by atoms with E-state index in [-0.39, 0.29) is 35.9 Å². The van der Waals surface area contributed by atoms with Gasteiger partial charge in [-0.15, -0.1) is 0 Å². The molecule has 10 N–H and O–H groups in total. The molecule has 0 aliphatic heterocycles. The first-order chi connectivity index (χ1) is 5.78. The second-order valence-corrected chi connectivity index (χ2v) is 2.48. The smallest absolute Gasteiger partial charge is 0.336 e. The van der Waals surface area contributed by atoms with E-state index in [1.807, 2.05) is 0 Å². The molecule has 100 valence electrons. The first-order valence-corrected chi connectivity index (χ1v) is 3.17. The Morgan fingerprint density at radius 3 is 1.18 bits per heavy atom. The van der Waals surface area contributed by atoms with Gasteiger partial charge in [-0.05, 0) is 0 Å². The number of carboxylic acid groups (broad SMARTS) is 3. The fraction of sp³-hybridized carbons (Fsp3) is 0.500. The van der Waals surface area contributed by atoms with Crippen LogP contribution in [-0.4, -0.2) is 60.4 Å². The Bertz CT molecular complexity index is 235. The van der Waals surface area contributed by atoms with Crippen LogP contribution in [0, 0.1) is 0 Å². The van der Waals surface area contributed by atoms with Gasteiger partial charge in [0.15, 0.2) is 5.60 Å². The maximum Gasteiger partial charge on any atom is 0.336 e. The van der Waals surface area contributed by atoms with Crippen LogP contribution in [0.1, 0.15) is 12.8 Å². The van der Waals surface area contributed by atoms with Crippen molar-refractivity contribution in [3.8, 4) is 0 Å². The summed E-state index contributed by atoms with van der Waals surface area (Å²) >= 11 is 0. The van der Waals surface area contributed by atoms with Crippen molar-refractivity contribution < 1.29 is 70.7 Å². The number of carboxylic acids is 3. The molecule has 17 heavy (non-hydrogen) atoms. The van der Waals surface area contributed by atoms with E-state index in [0.29, 0.717) is 0 Å². The molecule has 0 aliphatic rings. The Hall–Kier alpha value is -1.13. The van der Waals surface area contributed by atoms with Crippen molar-refractivity contribution in [2.24, 2.45) is 0 Å². The average Bonchev–Trinajstić information content (AvgIpc) is 1.82. The molecule has 0 aromatic rings. The van der Waals surface area contributed by atoms with Gasteiger partial charge in [-0.1, -0.05) is 0 Å². The molecule has 0 aliphatic carbocycles. The summed E-state index contributed by atoms with van der Waals surface area (Å²) in [5.74, 6) is -5.02. The van der Waals surface area contributed by atoms with E-state index < -0.39 is 36.4 Å². The van der Waals surface area contributed by atoms with Crippen molar-refractivity contribution in [1.82, 2.24) is 0 Å². The summed E-state index contributed by atoms with van der Waals surface area (Å²) in [6.45, 7) is 0. The Balaban J connectivity index is -0.000000120. The Morgan fingerprint density at radius 1 is 0.824 bits per heavy atom. The first-order valence-electron chi connectivity index (χ1n) is 3.17. The second kappa shape index (κ2) is 11.4. The quantitative estimate of drug-likeness (QED) is 0.370. The average molecular weight is 312 g/mol. The Labute approximate surface area is 108 Å². The van der Waals surface area contributed by atoms with Crippen molar-refractivity contribution in [3.05, 3.63) is 0 Å². The van der Waals surface area contributed by atoms with Crippen molar-refractivity contribution in [2.75, 3.05) is 0 Å². The van der Waals surface area contributed by atoms with E-state index in [0.717, 1.165) is 0 Å². The van der Waals surface area contributed by atoms with Crippen LogP contribution >= 0.6 is 0 Å². The van der Waals surface area contributed by atoms with Crippen LogP contribution in [-0.2, 0) is 33.9 Å². The summed E-state index contributed by atoms with van der Waals surface area (Å²) in [4.78, 5) is 30.5. The summed E-state index contributed by atoms with van der Waals surface area (Å²) in [7, 11) is 0. The predicted octanol–water partition coefficient (Wildman–Crippen LogP) is -3.73. The third-order valence-corrected chi connectivity index (χ3v) is 1.29. The van der Waals surface area contributed by atoms with E-state index in [1.165, 1.54) is 0 Å². The molecule has 0 unspecified atom stereocenters. The maximum absolute atomic E-state index is 10.3. The van der Waals surface area contributed by atoms with Crippen molar-refractivity contribution in [3.63, 3.8) is 0 Å². The third-order valence-electron chi connectivity index (χ3n) is 1.29. The molecule has 0 spiro atoms. The van der Waals surface area contributed by atoms with Gasteiger partial charge in [0.2, 0.25) is 0 Å². The molecular weight excluding hydrogens is 297 g/mol. The zero-order valence-corrected chi connectivity index (χ0v) is 11.6. The molecule has 0 heterocycles. The van der Waals surface area contributed by atoms with Gasteiger partial charge >= 0.3 is 17.9 Å². The molecule has 10 nitrogen and oxygen atoms in total. The number of carbonyl (C=O) groups is 3. The van der Waals surface area contributed by atoms with Crippen LogP contribution in [0.2, 0.25) is 0 Å². The Morgan fingerprint density at radius 2 is 1.06 bits per heavy atom. The van der Waals surface area contributed by atoms with E-state index in [4.69, 9.17) is 20.4 Å². The topological polar surface area (TPSA) is 227 Å². The fourth-order valence-corrected chi connectivity index (χ4v) is 0.714. The summed E-state index contributed by atoms with van der Waals surface area (Å²) in [6.07, 6.45) is -2.29. The van der Waals surface area contributed by atoms with Crippen LogP contribution < -0.4 is 0 Å². The van der Waals surface area contributed by atoms with Crippen LogP contribution in [0.25, 0.3) is 0 Å². The SMILES string of the molecule is O.O.O.O=C(O)CC(O)(CC(=O)O)C(=O)O.[Zn]. The monoisotopic (exact) mass is 310 g/mol. The van der Waals surface area contributed by atoms with E-state index in [9.17, 15) is 14.4 Å². The maximum atomic E-state index is 10.3. The fourth-order valence-electron chi connectivity index (χ4n) is 0.714. The normalized spacial score (nSPS) is 8.29. The minimum absolute atomic E-state index is 0. The van der Waals surface area contributed by atoms with Gasteiger partial charge in [-0.2, -0.15) is 0 Å². The largest absolute Gasteiger partial charge is 0.481 e. The molecule has 0 saturated heterocycles. The molecule has 0 aromatic heterocycles. The molecule has 0 rings (SSSR count). The standard InChI is InChI=1S/C6H8O7.3H2O.Zn/c7-3(8)1-6(13,5(11)12)2-4(9)10;;;;/h13H,1-2H2,(H,7,8)(H,9,10)(H,11,12);3*1H2;. The number of aliphatic carboxylic acids is 3. The molecule has 0 aromatic carbocycles. The summed E-state index contributed by atoms with van der Waals surface area (Å²) in [5, 5.41) is 33.8. The predicted molar refractivity (Wildman–Crippen MR) is 47.9 cm³/mol. The van der Waals surface area contributed by atoms with Crippen molar-refractivity contribution >= 4 is 17.9 Å². The zero-order valence-electron chi connectivity index (χ0n) is 8.63. The third kappa shape index (κ3) is 11.1. The van der Waals surface area contributed by atoms with E-state index >= 15 is 0 Å². The van der Waals surface area contributed by atoms with Gasteiger partial charge in [-0.25, -0.2) is 4.79 Å². The Kier molecular flexibility index (Phi) is 19.8. The van der Waals surface area contributed by atoms with Crippen molar-refractivity contribution in [2.45, 2.75) is 18.4 Å². The van der Waals surface area contributed by atoms with Gasteiger partial charge in [0.1, 0.15) is 0 Å². The minimum atomic E-state index is -2.74. The zero-order chi connectivity index (χ0) is 10.6. The number of hydrogen-bond acceptors (Lipinski definition) is 4. The van der Waals surface area contributed by atoms with Gasteiger partial charge < -0.3 is 36.9 Å². The first kappa shape index (κ1) is 29.7. The molecule has 0 fully saturated rings. The molecule has 0 atom stereocenters. The number of aliphatic hydroxyl groups is 1. The van der Waals surface area contributed by atoms with E-state index in [1.54, 1.807) is 0 Å². The molecule has 0 bridgehead atoms.